The molecule has 0 saturated heterocycles. The highest BCUT2D eigenvalue weighted by Gasteiger charge is 2.21. The van der Waals surface area contributed by atoms with Crippen molar-refractivity contribution < 1.29 is 0 Å². The molecule has 1 atom stereocenters. The van der Waals surface area contributed by atoms with Gasteiger partial charge in [-0.2, -0.15) is 0 Å². The van der Waals surface area contributed by atoms with E-state index in [9.17, 15) is 0 Å². The molecular weight excluding hydrogens is 246 g/mol. The molecule has 0 amide bonds. The van der Waals surface area contributed by atoms with Gasteiger partial charge in [0, 0.05) is 19.8 Å². The third kappa shape index (κ3) is 5.12. The van der Waals surface area contributed by atoms with Crippen LogP contribution in [-0.4, -0.2) is 44.1 Å². The van der Waals surface area contributed by atoms with Crippen LogP contribution in [0.2, 0.25) is 0 Å². The van der Waals surface area contributed by atoms with Gasteiger partial charge in [-0.05, 0) is 50.0 Å². The Morgan fingerprint density at radius 1 is 1.10 bits per heavy atom. The molecule has 20 heavy (non-hydrogen) atoms. The fourth-order valence-electron chi connectivity index (χ4n) is 2.12. The molecule has 0 saturated carbocycles. The van der Waals surface area contributed by atoms with Crippen LogP contribution in [0.1, 0.15) is 45.6 Å². The summed E-state index contributed by atoms with van der Waals surface area (Å²) in [5.41, 5.74) is 1.60. The molecule has 0 fully saturated rings. The van der Waals surface area contributed by atoms with Crippen LogP contribution in [0.3, 0.4) is 0 Å². The molecule has 0 bridgehead atoms. The maximum Gasteiger partial charge on any atom is 0.128 e. The van der Waals surface area contributed by atoms with Crippen LogP contribution < -0.4 is 4.90 Å². The van der Waals surface area contributed by atoms with E-state index in [2.05, 4.69) is 75.8 Å². The summed E-state index contributed by atoms with van der Waals surface area (Å²) in [7, 11) is 6.34. The predicted molar refractivity (Wildman–Crippen MR) is 88.5 cm³/mol. The average Bonchev–Trinajstić information content (AvgIpc) is 2.36. The van der Waals surface area contributed by atoms with Crippen LogP contribution >= 0.6 is 0 Å². The van der Waals surface area contributed by atoms with Gasteiger partial charge in [-0.1, -0.05) is 33.8 Å². The molecule has 1 heterocycles. The zero-order valence-electron chi connectivity index (χ0n) is 14.3. The van der Waals surface area contributed by atoms with Crippen LogP contribution in [-0.2, 0) is 0 Å². The Balaban J connectivity index is 2.62. The minimum absolute atomic E-state index is 0.279. The van der Waals surface area contributed by atoms with E-state index in [1.54, 1.807) is 0 Å². The van der Waals surface area contributed by atoms with E-state index in [1.807, 2.05) is 6.20 Å². The van der Waals surface area contributed by atoms with E-state index in [4.69, 9.17) is 0 Å². The fourth-order valence-corrected chi connectivity index (χ4v) is 2.12. The van der Waals surface area contributed by atoms with Gasteiger partial charge in [0.15, 0.2) is 0 Å². The molecule has 0 N–H and O–H groups in total. The van der Waals surface area contributed by atoms with E-state index in [0.29, 0.717) is 5.92 Å². The Labute approximate surface area is 125 Å². The summed E-state index contributed by atoms with van der Waals surface area (Å²) >= 11 is 0. The zero-order valence-corrected chi connectivity index (χ0v) is 14.3. The summed E-state index contributed by atoms with van der Waals surface area (Å²) in [5, 5.41) is 0. The molecule has 0 aliphatic heterocycles. The molecule has 0 aliphatic rings. The number of aromatic nitrogens is 1. The lowest BCUT2D eigenvalue weighted by molar-refractivity contribution is 0.339. The highest BCUT2D eigenvalue weighted by molar-refractivity contribution is 5.39. The molecule has 1 aromatic rings. The first-order valence-electron chi connectivity index (χ1n) is 7.53. The average molecular weight is 277 g/mol. The van der Waals surface area contributed by atoms with E-state index < -0.39 is 0 Å². The Kier molecular flexibility index (Phi) is 6.00. The first-order valence-corrected chi connectivity index (χ1v) is 7.53. The largest absolute Gasteiger partial charge is 0.360 e. The number of anilines is 1. The standard InChI is InChI=1S/C17H31N3/c1-14(17(2,3)4)15-9-10-16(18-13-15)20(7)12-8-11-19(5)6/h9-10,13-14H,8,11-12H2,1-7H3/t14-/m1/s1. The summed E-state index contributed by atoms with van der Waals surface area (Å²) in [4.78, 5) is 9.07. The van der Waals surface area contributed by atoms with Gasteiger partial charge in [0.25, 0.3) is 0 Å². The molecule has 1 rings (SSSR count). The molecule has 114 valence electrons. The third-order valence-corrected chi connectivity index (χ3v) is 4.06. The van der Waals surface area contributed by atoms with Crippen LogP contribution in [0.4, 0.5) is 5.82 Å². The smallest absolute Gasteiger partial charge is 0.128 e. The predicted octanol–water partition coefficient (Wildman–Crippen LogP) is 3.62. The van der Waals surface area contributed by atoms with Gasteiger partial charge < -0.3 is 9.80 Å². The summed E-state index contributed by atoms with van der Waals surface area (Å²) in [6.07, 6.45) is 3.19. The zero-order chi connectivity index (χ0) is 15.3. The van der Waals surface area contributed by atoms with Crippen molar-refractivity contribution in [2.75, 3.05) is 39.1 Å². The maximum absolute atomic E-state index is 4.62. The third-order valence-electron chi connectivity index (χ3n) is 4.06. The van der Waals surface area contributed by atoms with Gasteiger partial charge in [0.05, 0.1) is 0 Å². The Bertz CT molecular complexity index is 390. The lowest BCUT2D eigenvalue weighted by Crippen LogP contribution is -2.24. The lowest BCUT2D eigenvalue weighted by Gasteiger charge is -2.28. The van der Waals surface area contributed by atoms with Gasteiger partial charge >= 0.3 is 0 Å². The molecule has 0 spiro atoms. The van der Waals surface area contributed by atoms with E-state index in [0.717, 1.165) is 25.3 Å². The summed E-state index contributed by atoms with van der Waals surface area (Å²) < 4.78 is 0. The summed E-state index contributed by atoms with van der Waals surface area (Å²) in [6.45, 7) is 11.3. The summed E-state index contributed by atoms with van der Waals surface area (Å²) in [5.74, 6) is 1.58. The normalized spacial score (nSPS) is 13.6. The molecule has 0 unspecified atom stereocenters. The molecule has 0 radical (unpaired) electrons. The summed E-state index contributed by atoms with van der Waals surface area (Å²) in [6, 6.07) is 4.37. The van der Waals surface area contributed by atoms with Crippen molar-refractivity contribution in [3.63, 3.8) is 0 Å². The first-order chi connectivity index (χ1) is 9.21. The second-order valence-corrected chi connectivity index (χ2v) is 7.12. The number of hydrogen-bond acceptors (Lipinski definition) is 3. The van der Waals surface area contributed by atoms with Crippen LogP contribution in [0.25, 0.3) is 0 Å². The van der Waals surface area contributed by atoms with E-state index >= 15 is 0 Å². The highest BCUT2D eigenvalue weighted by atomic mass is 15.2. The van der Waals surface area contributed by atoms with Crippen molar-refractivity contribution in [3.8, 4) is 0 Å². The second kappa shape index (κ2) is 7.07. The molecule has 0 aliphatic carbocycles. The topological polar surface area (TPSA) is 19.4 Å². The SMILES string of the molecule is C[C@H](c1ccc(N(C)CCCN(C)C)nc1)C(C)(C)C. The van der Waals surface area contributed by atoms with Gasteiger partial charge in [0.1, 0.15) is 5.82 Å². The van der Waals surface area contributed by atoms with Gasteiger partial charge in [-0.15, -0.1) is 0 Å². The molecule has 0 aromatic carbocycles. The first kappa shape index (κ1) is 17.0. The quantitative estimate of drug-likeness (QED) is 0.791. The van der Waals surface area contributed by atoms with Crippen molar-refractivity contribution in [1.29, 1.82) is 0 Å². The van der Waals surface area contributed by atoms with Gasteiger partial charge in [-0.3, -0.25) is 0 Å². The molecule has 3 heteroatoms. The minimum Gasteiger partial charge on any atom is -0.360 e. The number of pyridine rings is 1. The second-order valence-electron chi connectivity index (χ2n) is 7.12. The minimum atomic E-state index is 0.279. The van der Waals surface area contributed by atoms with Crippen molar-refractivity contribution in [3.05, 3.63) is 23.9 Å². The van der Waals surface area contributed by atoms with Crippen LogP contribution in [0, 0.1) is 5.41 Å². The van der Waals surface area contributed by atoms with Crippen molar-refractivity contribution in [1.82, 2.24) is 9.88 Å². The van der Waals surface area contributed by atoms with Crippen molar-refractivity contribution >= 4 is 5.82 Å². The number of hydrogen-bond donors (Lipinski definition) is 0. The molecular formula is C17H31N3. The number of nitrogens with zero attached hydrogens (tertiary/aromatic N) is 3. The highest BCUT2D eigenvalue weighted by Crippen LogP contribution is 2.34. The van der Waals surface area contributed by atoms with Crippen molar-refractivity contribution in [2.24, 2.45) is 5.41 Å². The van der Waals surface area contributed by atoms with Crippen LogP contribution in [0.15, 0.2) is 18.3 Å². The van der Waals surface area contributed by atoms with E-state index in [-0.39, 0.29) is 5.41 Å². The van der Waals surface area contributed by atoms with Gasteiger partial charge in [0.2, 0.25) is 0 Å². The Morgan fingerprint density at radius 3 is 2.20 bits per heavy atom. The number of rotatable bonds is 6. The lowest BCUT2D eigenvalue weighted by atomic mass is 9.78. The maximum atomic E-state index is 4.62. The van der Waals surface area contributed by atoms with Crippen molar-refractivity contribution in [2.45, 2.75) is 40.0 Å². The monoisotopic (exact) mass is 277 g/mol. The van der Waals surface area contributed by atoms with Crippen LogP contribution in [0.5, 0.6) is 0 Å². The van der Waals surface area contributed by atoms with E-state index in [1.165, 1.54) is 5.56 Å². The fraction of sp³-hybridized carbons (Fsp3) is 0.706. The van der Waals surface area contributed by atoms with Gasteiger partial charge in [-0.25, -0.2) is 4.98 Å². The molecule has 3 nitrogen and oxygen atoms in total. The Hall–Kier alpha value is -1.09. The Morgan fingerprint density at radius 2 is 1.75 bits per heavy atom. The molecule has 1 aromatic heterocycles.